The first-order valence-electron chi connectivity index (χ1n) is 6.08. The summed E-state index contributed by atoms with van der Waals surface area (Å²) >= 11 is 0. The second kappa shape index (κ2) is 7.07. The first-order valence-corrected chi connectivity index (χ1v) is 6.08. The lowest BCUT2D eigenvalue weighted by Gasteiger charge is -2.12. The van der Waals surface area contributed by atoms with Crippen molar-refractivity contribution in [1.29, 1.82) is 0 Å². The summed E-state index contributed by atoms with van der Waals surface area (Å²) in [7, 11) is 1.92. The van der Waals surface area contributed by atoms with E-state index in [1.807, 2.05) is 32.2 Å². The van der Waals surface area contributed by atoms with Gasteiger partial charge in [0.25, 0.3) is 0 Å². The minimum absolute atomic E-state index is 0.0959. The molecule has 0 radical (unpaired) electrons. The van der Waals surface area contributed by atoms with E-state index >= 15 is 0 Å². The van der Waals surface area contributed by atoms with Crippen LogP contribution in [0.15, 0.2) is 24.3 Å². The summed E-state index contributed by atoms with van der Waals surface area (Å²) in [5.74, 6) is 0.556. The van der Waals surface area contributed by atoms with Crippen molar-refractivity contribution in [2.24, 2.45) is 5.92 Å². The molecule has 0 bridgehead atoms. The summed E-state index contributed by atoms with van der Waals surface area (Å²) in [5.41, 5.74) is 2.27. The van der Waals surface area contributed by atoms with Gasteiger partial charge in [-0.2, -0.15) is 0 Å². The Bertz CT molecular complexity index is 363. The molecule has 0 fully saturated rings. The molecule has 0 aliphatic rings. The van der Waals surface area contributed by atoms with Crippen molar-refractivity contribution in [1.82, 2.24) is 10.6 Å². The highest BCUT2D eigenvalue weighted by molar-refractivity contribution is 5.78. The first kappa shape index (κ1) is 13.7. The molecule has 0 saturated heterocycles. The van der Waals surface area contributed by atoms with Crippen LogP contribution >= 0.6 is 0 Å². The number of hydrogen-bond acceptors (Lipinski definition) is 2. The van der Waals surface area contributed by atoms with Gasteiger partial charge >= 0.3 is 0 Å². The summed E-state index contributed by atoms with van der Waals surface area (Å²) in [6.07, 6.45) is 0.466. The SMILES string of the molecule is CNC[C@H](C)CNC(=O)Cc1cccc(C)c1. The molecule has 1 rings (SSSR count). The molecule has 2 N–H and O–H groups in total. The summed E-state index contributed by atoms with van der Waals surface area (Å²) in [4.78, 5) is 11.7. The lowest BCUT2D eigenvalue weighted by atomic mass is 10.1. The maximum absolute atomic E-state index is 11.7. The quantitative estimate of drug-likeness (QED) is 0.783. The number of hydrogen-bond donors (Lipinski definition) is 2. The molecule has 0 saturated carbocycles. The maximum atomic E-state index is 11.7. The van der Waals surface area contributed by atoms with E-state index in [2.05, 4.69) is 23.6 Å². The van der Waals surface area contributed by atoms with Crippen LogP contribution in [-0.2, 0) is 11.2 Å². The van der Waals surface area contributed by atoms with E-state index < -0.39 is 0 Å². The van der Waals surface area contributed by atoms with Gasteiger partial charge in [-0.15, -0.1) is 0 Å². The average molecular weight is 234 g/mol. The van der Waals surface area contributed by atoms with E-state index in [1.54, 1.807) is 0 Å². The highest BCUT2D eigenvalue weighted by atomic mass is 16.1. The Kier molecular flexibility index (Phi) is 5.70. The van der Waals surface area contributed by atoms with Gasteiger partial charge in [0.2, 0.25) is 5.91 Å². The Morgan fingerprint density at radius 1 is 1.35 bits per heavy atom. The second-order valence-corrected chi connectivity index (χ2v) is 4.63. The van der Waals surface area contributed by atoms with Crippen molar-refractivity contribution in [2.75, 3.05) is 20.1 Å². The van der Waals surface area contributed by atoms with Gasteiger partial charge in [-0.25, -0.2) is 0 Å². The number of carbonyl (C=O) groups excluding carboxylic acids is 1. The number of amides is 1. The molecule has 1 atom stereocenters. The van der Waals surface area contributed by atoms with Gasteiger partial charge in [0.05, 0.1) is 6.42 Å². The highest BCUT2D eigenvalue weighted by Gasteiger charge is 2.05. The third-order valence-corrected chi connectivity index (χ3v) is 2.65. The molecule has 1 amide bonds. The standard InChI is InChI=1S/C14H22N2O/c1-11-5-4-6-13(7-11)8-14(17)16-10-12(2)9-15-3/h4-7,12,15H,8-10H2,1-3H3,(H,16,17)/t12-/m0/s1. The molecular formula is C14H22N2O. The molecule has 0 aliphatic heterocycles. The Balaban J connectivity index is 2.34. The van der Waals surface area contributed by atoms with Gasteiger partial charge in [0.15, 0.2) is 0 Å². The van der Waals surface area contributed by atoms with Gasteiger partial charge in [-0.05, 0) is 32.0 Å². The number of carbonyl (C=O) groups is 1. The highest BCUT2D eigenvalue weighted by Crippen LogP contribution is 2.04. The van der Waals surface area contributed by atoms with Crippen LogP contribution in [-0.4, -0.2) is 26.0 Å². The third-order valence-electron chi connectivity index (χ3n) is 2.65. The molecule has 0 spiro atoms. The fourth-order valence-corrected chi connectivity index (χ4v) is 1.78. The van der Waals surface area contributed by atoms with E-state index in [0.717, 1.165) is 18.7 Å². The number of benzene rings is 1. The molecule has 3 nitrogen and oxygen atoms in total. The van der Waals surface area contributed by atoms with Crippen molar-refractivity contribution >= 4 is 5.91 Å². The van der Waals surface area contributed by atoms with Crippen LogP contribution in [0.2, 0.25) is 0 Å². The van der Waals surface area contributed by atoms with Crippen molar-refractivity contribution in [2.45, 2.75) is 20.3 Å². The van der Waals surface area contributed by atoms with Gasteiger partial charge in [-0.3, -0.25) is 4.79 Å². The topological polar surface area (TPSA) is 41.1 Å². The molecular weight excluding hydrogens is 212 g/mol. The van der Waals surface area contributed by atoms with Crippen LogP contribution in [0.25, 0.3) is 0 Å². The van der Waals surface area contributed by atoms with Crippen LogP contribution in [0.3, 0.4) is 0 Å². The van der Waals surface area contributed by atoms with Crippen LogP contribution < -0.4 is 10.6 Å². The summed E-state index contributed by atoms with van der Waals surface area (Å²) in [6, 6.07) is 8.07. The van der Waals surface area contributed by atoms with Crippen molar-refractivity contribution in [3.8, 4) is 0 Å². The largest absolute Gasteiger partial charge is 0.355 e. The zero-order valence-electron chi connectivity index (χ0n) is 10.9. The maximum Gasteiger partial charge on any atom is 0.224 e. The smallest absolute Gasteiger partial charge is 0.224 e. The van der Waals surface area contributed by atoms with Gasteiger partial charge in [0.1, 0.15) is 0 Å². The minimum atomic E-state index is 0.0959. The fraction of sp³-hybridized carbons (Fsp3) is 0.500. The zero-order valence-corrected chi connectivity index (χ0v) is 10.9. The van der Waals surface area contributed by atoms with E-state index in [1.165, 1.54) is 5.56 Å². The zero-order chi connectivity index (χ0) is 12.7. The number of nitrogens with one attached hydrogen (secondary N) is 2. The second-order valence-electron chi connectivity index (χ2n) is 4.63. The molecule has 0 aliphatic carbocycles. The van der Waals surface area contributed by atoms with Gasteiger partial charge < -0.3 is 10.6 Å². The lowest BCUT2D eigenvalue weighted by Crippen LogP contribution is -2.33. The summed E-state index contributed by atoms with van der Waals surface area (Å²) in [6.45, 7) is 5.80. The lowest BCUT2D eigenvalue weighted by molar-refractivity contribution is -0.120. The Morgan fingerprint density at radius 2 is 2.12 bits per heavy atom. The first-order chi connectivity index (χ1) is 8.11. The summed E-state index contributed by atoms with van der Waals surface area (Å²) in [5, 5.41) is 6.05. The molecule has 1 aromatic rings. The molecule has 0 aromatic heterocycles. The van der Waals surface area contributed by atoms with Gasteiger partial charge in [-0.1, -0.05) is 36.8 Å². The van der Waals surface area contributed by atoms with Gasteiger partial charge in [0, 0.05) is 6.54 Å². The number of rotatable bonds is 6. The predicted molar refractivity (Wildman–Crippen MR) is 71.0 cm³/mol. The Morgan fingerprint density at radius 3 is 2.76 bits per heavy atom. The normalized spacial score (nSPS) is 12.2. The van der Waals surface area contributed by atoms with Crippen LogP contribution in [0, 0.1) is 12.8 Å². The average Bonchev–Trinajstić information content (AvgIpc) is 2.27. The van der Waals surface area contributed by atoms with Crippen molar-refractivity contribution in [3.05, 3.63) is 35.4 Å². The predicted octanol–water partition coefficient (Wildman–Crippen LogP) is 1.51. The minimum Gasteiger partial charge on any atom is -0.355 e. The Hall–Kier alpha value is -1.35. The molecule has 17 heavy (non-hydrogen) atoms. The van der Waals surface area contributed by atoms with E-state index in [0.29, 0.717) is 12.3 Å². The third kappa shape index (κ3) is 5.50. The molecule has 0 heterocycles. The van der Waals surface area contributed by atoms with Crippen molar-refractivity contribution in [3.63, 3.8) is 0 Å². The monoisotopic (exact) mass is 234 g/mol. The molecule has 1 aromatic carbocycles. The van der Waals surface area contributed by atoms with Crippen LogP contribution in [0.5, 0.6) is 0 Å². The van der Waals surface area contributed by atoms with E-state index in [9.17, 15) is 4.79 Å². The number of aryl methyl sites for hydroxylation is 1. The van der Waals surface area contributed by atoms with E-state index in [-0.39, 0.29) is 5.91 Å². The molecule has 0 unspecified atom stereocenters. The molecule has 3 heteroatoms. The van der Waals surface area contributed by atoms with Crippen molar-refractivity contribution < 1.29 is 4.79 Å². The van der Waals surface area contributed by atoms with Crippen LogP contribution in [0.4, 0.5) is 0 Å². The summed E-state index contributed by atoms with van der Waals surface area (Å²) < 4.78 is 0. The molecule has 94 valence electrons. The van der Waals surface area contributed by atoms with E-state index in [4.69, 9.17) is 0 Å². The Labute approximate surface area is 104 Å². The fourth-order valence-electron chi connectivity index (χ4n) is 1.78. The van der Waals surface area contributed by atoms with Crippen LogP contribution in [0.1, 0.15) is 18.1 Å².